The first-order valence-electron chi connectivity index (χ1n) is 7.55. The molecule has 1 aliphatic heterocycles. The quantitative estimate of drug-likeness (QED) is 0.583. The van der Waals surface area contributed by atoms with E-state index in [2.05, 4.69) is 50.9 Å². The fourth-order valence-electron chi connectivity index (χ4n) is 2.45. The molecule has 0 saturated carbocycles. The van der Waals surface area contributed by atoms with Crippen LogP contribution in [-0.4, -0.2) is 53.8 Å². The summed E-state index contributed by atoms with van der Waals surface area (Å²) < 4.78 is 5.54. The summed E-state index contributed by atoms with van der Waals surface area (Å²) in [6.07, 6.45) is 0.984. The number of ether oxygens (including phenoxy) is 1. The minimum atomic E-state index is 0.288. The number of nitrogens with zero attached hydrogens (tertiary/aromatic N) is 5. The van der Waals surface area contributed by atoms with Crippen molar-refractivity contribution in [3.8, 4) is 0 Å². The Labute approximate surface area is 125 Å². The van der Waals surface area contributed by atoms with Crippen LogP contribution in [0.25, 0.3) is 0 Å². The third kappa shape index (κ3) is 3.51. The molecule has 1 aliphatic rings. The molecule has 2 rings (SSSR count). The predicted octanol–water partition coefficient (Wildman–Crippen LogP) is 0.619. The molecule has 8 heteroatoms. The van der Waals surface area contributed by atoms with Crippen LogP contribution in [0.2, 0.25) is 0 Å². The van der Waals surface area contributed by atoms with Crippen LogP contribution < -0.4 is 21.1 Å². The van der Waals surface area contributed by atoms with Gasteiger partial charge in [0.05, 0.1) is 19.3 Å². The fourth-order valence-corrected chi connectivity index (χ4v) is 2.45. The SMILES string of the molecule is CCC1COCCN1c1nc(NN)nc(N(CC)CC)n1. The summed E-state index contributed by atoms with van der Waals surface area (Å²) in [4.78, 5) is 17.6. The van der Waals surface area contributed by atoms with Gasteiger partial charge in [-0.1, -0.05) is 6.92 Å². The van der Waals surface area contributed by atoms with E-state index < -0.39 is 0 Å². The van der Waals surface area contributed by atoms with Gasteiger partial charge in [-0.05, 0) is 20.3 Å². The highest BCUT2D eigenvalue weighted by molar-refractivity contribution is 5.45. The van der Waals surface area contributed by atoms with Crippen molar-refractivity contribution in [1.29, 1.82) is 0 Å². The summed E-state index contributed by atoms with van der Waals surface area (Å²) in [6, 6.07) is 0.288. The lowest BCUT2D eigenvalue weighted by Crippen LogP contribution is -2.46. The van der Waals surface area contributed by atoms with Crippen molar-refractivity contribution in [2.45, 2.75) is 33.2 Å². The Morgan fingerprint density at radius 1 is 1.29 bits per heavy atom. The summed E-state index contributed by atoms with van der Waals surface area (Å²) in [5.74, 6) is 7.21. The highest BCUT2D eigenvalue weighted by Crippen LogP contribution is 2.21. The number of aromatic nitrogens is 3. The van der Waals surface area contributed by atoms with E-state index >= 15 is 0 Å². The smallest absolute Gasteiger partial charge is 0.243 e. The number of nitrogen functional groups attached to an aromatic ring is 1. The average Bonchev–Trinajstić information content (AvgIpc) is 2.55. The zero-order valence-electron chi connectivity index (χ0n) is 13.0. The zero-order chi connectivity index (χ0) is 15.2. The average molecular weight is 295 g/mol. The summed E-state index contributed by atoms with van der Waals surface area (Å²) in [7, 11) is 0. The lowest BCUT2D eigenvalue weighted by molar-refractivity contribution is 0.0921. The van der Waals surface area contributed by atoms with Crippen molar-refractivity contribution in [1.82, 2.24) is 15.0 Å². The van der Waals surface area contributed by atoms with Gasteiger partial charge in [-0.15, -0.1) is 0 Å². The first-order valence-corrected chi connectivity index (χ1v) is 7.55. The van der Waals surface area contributed by atoms with Crippen molar-refractivity contribution < 1.29 is 4.74 Å². The van der Waals surface area contributed by atoms with Gasteiger partial charge in [-0.2, -0.15) is 15.0 Å². The van der Waals surface area contributed by atoms with Crippen molar-refractivity contribution in [3.63, 3.8) is 0 Å². The Hall–Kier alpha value is -1.67. The molecule has 21 heavy (non-hydrogen) atoms. The monoisotopic (exact) mass is 295 g/mol. The largest absolute Gasteiger partial charge is 0.377 e. The molecule has 1 fully saturated rings. The molecule has 0 aromatic carbocycles. The molecule has 1 atom stereocenters. The van der Waals surface area contributed by atoms with E-state index in [1.54, 1.807) is 0 Å². The first-order chi connectivity index (χ1) is 10.2. The van der Waals surface area contributed by atoms with E-state index in [0.29, 0.717) is 31.1 Å². The van der Waals surface area contributed by atoms with Crippen LogP contribution >= 0.6 is 0 Å². The number of hydrogen-bond donors (Lipinski definition) is 2. The number of anilines is 3. The fraction of sp³-hybridized carbons (Fsp3) is 0.769. The molecule has 2 heterocycles. The van der Waals surface area contributed by atoms with Crippen molar-refractivity contribution >= 4 is 17.8 Å². The van der Waals surface area contributed by atoms with Crippen LogP contribution in [0, 0.1) is 0 Å². The van der Waals surface area contributed by atoms with Crippen molar-refractivity contribution in [3.05, 3.63) is 0 Å². The maximum absolute atomic E-state index is 5.54. The summed E-state index contributed by atoms with van der Waals surface area (Å²) >= 11 is 0. The Bertz CT molecular complexity index is 452. The summed E-state index contributed by atoms with van der Waals surface area (Å²) in [5.41, 5.74) is 2.54. The number of nitrogens with two attached hydrogens (primary N) is 1. The van der Waals surface area contributed by atoms with Crippen LogP contribution in [-0.2, 0) is 4.74 Å². The molecule has 3 N–H and O–H groups in total. The topological polar surface area (TPSA) is 92.4 Å². The molecule has 118 valence electrons. The van der Waals surface area contributed by atoms with Crippen LogP contribution in [0.5, 0.6) is 0 Å². The number of hydrazine groups is 1. The van der Waals surface area contributed by atoms with Gasteiger partial charge < -0.3 is 14.5 Å². The van der Waals surface area contributed by atoms with Gasteiger partial charge in [0.1, 0.15) is 0 Å². The van der Waals surface area contributed by atoms with E-state index in [0.717, 1.165) is 26.1 Å². The van der Waals surface area contributed by atoms with Gasteiger partial charge in [0.25, 0.3) is 0 Å². The highest BCUT2D eigenvalue weighted by atomic mass is 16.5. The van der Waals surface area contributed by atoms with Gasteiger partial charge in [0, 0.05) is 19.6 Å². The predicted molar refractivity (Wildman–Crippen MR) is 83.4 cm³/mol. The van der Waals surface area contributed by atoms with E-state index in [1.807, 2.05) is 0 Å². The van der Waals surface area contributed by atoms with E-state index in [1.165, 1.54) is 0 Å². The maximum atomic E-state index is 5.54. The first kappa shape index (κ1) is 15.7. The third-order valence-electron chi connectivity index (χ3n) is 3.74. The second-order valence-electron chi connectivity index (χ2n) is 4.91. The standard InChI is InChI=1S/C13H25N7O/c1-4-10-9-21-8-7-20(10)13-16-11(18-14)15-12(17-13)19(5-2)6-3/h10H,4-9,14H2,1-3H3,(H,15,16,17,18). The zero-order valence-corrected chi connectivity index (χ0v) is 13.0. The van der Waals surface area contributed by atoms with Crippen LogP contribution in [0.1, 0.15) is 27.2 Å². The summed E-state index contributed by atoms with van der Waals surface area (Å²) in [5, 5.41) is 0. The Balaban J connectivity index is 2.35. The molecular weight excluding hydrogens is 270 g/mol. The normalized spacial score (nSPS) is 18.7. The number of hydrogen-bond acceptors (Lipinski definition) is 8. The molecular formula is C13H25N7O. The molecule has 1 unspecified atom stereocenters. The molecule has 0 amide bonds. The van der Waals surface area contributed by atoms with Crippen LogP contribution in [0.4, 0.5) is 17.8 Å². The number of rotatable bonds is 6. The van der Waals surface area contributed by atoms with Crippen LogP contribution in [0.15, 0.2) is 0 Å². The lowest BCUT2D eigenvalue weighted by Gasteiger charge is -2.35. The molecule has 1 aromatic heterocycles. The Morgan fingerprint density at radius 2 is 2.05 bits per heavy atom. The van der Waals surface area contributed by atoms with E-state index in [-0.39, 0.29) is 6.04 Å². The molecule has 1 saturated heterocycles. The number of morpholine rings is 1. The maximum Gasteiger partial charge on any atom is 0.243 e. The minimum absolute atomic E-state index is 0.288. The molecule has 8 nitrogen and oxygen atoms in total. The second-order valence-corrected chi connectivity index (χ2v) is 4.91. The third-order valence-corrected chi connectivity index (χ3v) is 3.74. The lowest BCUT2D eigenvalue weighted by atomic mass is 10.2. The van der Waals surface area contributed by atoms with E-state index in [9.17, 15) is 0 Å². The van der Waals surface area contributed by atoms with Gasteiger partial charge >= 0.3 is 0 Å². The van der Waals surface area contributed by atoms with Gasteiger partial charge in [0.15, 0.2) is 0 Å². The van der Waals surface area contributed by atoms with E-state index in [4.69, 9.17) is 10.6 Å². The van der Waals surface area contributed by atoms with Gasteiger partial charge in [-0.3, -0.25) is 5.43 Å². The summed E-state index contributed by atoms with van der Waals surface area (Å²) in [6.45, 7) is 10.1. The van der Waals surface area contributed by atoms with Crippen molar-refractivity contribution in [2.24, 2.45) is 5.84 Å². The molecule has 0 spiro atoms. The molecule has 1 aromatic rings. The Kier molecular flexibility index (Phi) is 5.51. The molecule has 0 aliphatic carbocycles. The minimum Gasteiger partial charge on any atom is -0.377 e. The molecule has 0 bridgehead atoms. The highest BCUT2D eigenvalue weighted by Gasteiger charge is 2.25. The molecule has 0 radical (unpaired) electrons. The van der Waals surface area contributed by atoms with Gasteiger partial charge in [0.2, 0.25) is 17.8 Å². The van der Waals surface area contributed by atoms with Crippen LogP contribution in [0.3, 0.4) is 0 Å². The second kappa shape index (κ2) is 7.37. The number of nitrogens with one attached hydrogen (secondary N) is 1. The van der Waals surface area contributed by atoms with Gasteiger partial charge in [-0.25, -0.2) is 5.84 Å². The Morgan fingerprint density at radius 3 is 2.67 bits per heavy atom. The van der Waals surface area contributed by atoms with Crippen molar-refractivity contribution in [2.75, 3.05) is 48.1 Å².